The lowest BCUT2D eigenvalue weighted by molar-refractivity contribution is -0.153. The van der Waals surface area contributed by atoms with Gasteiger partial charge in [0.05, 0.1) is 0 Å². The highest BCUT2D eigenvalue weighted by atomic mass is 16.6. The monoisotopic (exact) mass is 360 g/mol. The SMILES string of the molecule is O=C1CC2(CCCC2)CC(=O)N1CCNCC1COC2=C(C=CCC2)O1. The summed E-state index contributed by atoms with van der Waals surface area (Å²) in [5.41, 5.74) is -0.0235. The summed E-state index contributed by atoms with van der Waals surface area (Å²) < 4.78 is 11.7. The van der Waals surface area contributed by atoms with Gasteiger partial charge in [-0.2, -0.15) is 0 Å². The first kappa shape index (κ1) is 17.6. The first-order chi connectivity index (χ1) is 12.7. The van der Waals surface area contributed by atoms with E-state index in [-0.39, 0.29) is 23.3 Å². The number of carbonyl (C=O) groups is 2. The molecule has 1 atom stereocenters. The summed E-state index contributed by atoms with van der Waals surface area (Å²) in [4.78, 5) is 26.3. The summed E-state index contributed by atoms with van der Waals surface area (Å²) in [5.74, 6) is 1.81. The molecular weight excluding hydrogens is 332 g/mol. The van der Waals surface area contributed by atoms with Gasteiger partial charge in [0, 0.05) is 38.9 Å². The van der Waals surface area contributed by atoms with Crippen molar-refractivity contribution in [2.24, 2.45) is 5.41 Å². The highest BCUT2D eigenvalue weighted by Crippen LogP contribution is 2.46. The quantitative estimate of drug-likeness (QED) is 0.602. The molecule has 6 heteroatoms. The van der Waals surface area contributed by atoms with Crippen molar-refractivity contribution in [1.82, 2.24) is 10.2 Å². The average Bonchev–Trinajstić information content (AvgIpc) is 3.07. The third-order valence-corrected chi connectivity index (χ3v) is 6.02. The molecule has 0 aromatic carbocycles. The fourth-order valence-electron chi connectivity index (χ4n) is 4.59. The van der Waals surface area contributed by atoms with Gasteiger partial charge < -0.3 is 14.8 Å². The Morgan fingerprint density at radius 1 is 1.19 bits per heavy atom. The van der Waals surface area contributed by atoms with Gasteiger partial charge in [-0.3, -0.25) is 14.5 Å². The molecule has 142 valence electrons. The highest BCUT2D eigenvalue weighted by Gasteiger charge is 2.44. The van der Waals surface area contributed by atoms with Crippen molar-refractivity contribution in [3.8, 4) is 0 Å². The maximum absolute atomic E-state index is 12.4. The Morgan fingerprint density at radius 2 is 1.96 bits per heavy atom. The van der Waals surface area contributed by atoms with Gasteiger partial charge in [0.15, 0.2) is 5.76 Å². The second kappa shape index (κ2) is 7.43. The number of carbonyl (C=O) groups excluding carboxylic acids is 2. The Balaban J connectivity index is 1.20. The third-order valence-electron chi connectivity index (χ3n) is 6.02. The predicted octanol–water partition coefficient (Wildman–Crippen LogP) is 2.26. The number of allylic oxidation sites excluding steroid dienone is 3. The van der Waals surface area contributed by atoms with Crippen molar-refractivity contribution in [1.29, 1.82) is 0 Å². The van der Waals surface area contributed by atoms with E-state index in [0.29, 0.717) is 39.1 Å². The molecule has 2 heterocycles. The Labute approximate surface area is 154 Å². The minimum Gasteiger partial charge on any atom is -0.490 e. The number of likely N-dealkylation sites (tertiary alicyclic amines) is 1. The van der Waals surface area contributed by atoms with Gasteiger partial charge >= 0.3 is 0 Å². The third kappa shape index (κ3) is 3.65. The molecule has 0 aromatic rings. The van der Waals surface area contributed by atoms with Crippen molar-refractivity contribution in [3.63, 3.8) is 0 Å². The van der Waals surface area contributed by atoms with Gasteiger partial charge in [0.1, 0.15) is 18.5 Å². The number of amides is 2. The van der Waals surface area contributed by atoms with Crippen LogP contribution in [-0.2, 0) is 19.1 Å². The smallest absolute Gasteiger partial charge is 0.229 e. The molecule has 2 amide bonds. The number of nitrogens with one attached hydrogen (secondary N) is 1. The Kier molecular flexibility index (Phi) is 5.02. The molecule has 1 saturated carbocycles. The first-order valence-electron chi connectivity index (χ1n) is 9.88. The van der Waals surface area contributed by atoms with E-state index in [9.17, 15) is 9.59 Å². The number of nitrogens with zero attached hydrogens (tertiary/aromatic N) is 1. The molecule has 1 saturated heterocycles. The van der Waals surface area contributed by atoms with Crippen LogP contribution in [0.1, 0.15) is 51.4 Å². The zero-order chi connectivity index (χ0) is 18.0. The zero-order valence-electron chi connectivity index (χ0n) is 15.3. The number of rotatable bonds is 5. The number of imide groups is 1. The van der Waals surface area contributed by atoms with Gasteiger partial charge in [0.25, 0.3) is 0 Å². The molecule has 0 radical (unpaired) electrons. The van der Waals surface area contributed by atoms with Crippen molar-refractivity contribution < 1.29 is 19.1 Å². The maximum atomic E-state index is 12.4. The largest absolute Gasteiger partial charge is 0.490 e. The van der Waals surface area contributed by atoms with Crippen LogP contribution in [0.5, 0.6) is 0 Å². The van der Waals surface area contributed by atoms with Gasteiger partial charge in [-0.15, -0.1) is 0 Å². The van der Waals surface area contributed by atoms with Crippen LogP contribution >= 0.6 is 0 Å². The van der Waals surface area contributed by atoms with E-state index in [0.717, 1.165) is 50.0 Å². The number of hydrogen-bond donors (Lipinski definition) is 1. The molecule has 0 aromatic heterocycles. The zero-order valence-corrected chi connectivity index (χ0v) is 15.3. The Morgan fingerprint density at radius 3 is 2.73 bits per heavy atom. The molecule has 6 nitrogen and oxygen atoms in total. The minimum atomic E-state index is -0.0361. The highest BCUT2D eigenvalue weighted by molar-refractivity contribution is 5.98. The fraction of sp³-hybridized carbons (Fsp3) is 0.700. The van der Waals surface area contributed by atoms with E-state index in [1.165, 1.54) is 4.90 Å². The molecule has 2 aliphatic carbocycles. The molecule has 1 N–H and O–H groups in total. The molecule has 4 rings (SSSR count). The van der Waals surface area contributed by atoms with Crippen molar-refractivity contribution in [2.75, 3.05) is 26.2 Å². The average molecular weight is 360 g/mol. The van der Waals surface area contributed by atoms with Crippen LogP contribution in [0.3, 0.4) is 0 Å². The van der Waals surface area contributed by atoms with Crippen LogP contribution in [0.15, 0.2) is 23.7 Å². The van der Waals surface area contributed by atoms with Crippen LogP contribution in [-0.4, -0.2) is 49.1 Å². The minimum absolute atomic E-state index is 0.00402. The Hall–Kier alpha value is -1.82. The van der Waals surface area contributed by atoms with Crippen LogP contribution in [0.4, 0.5) is 0 Å². The topological polar surface area (TPSA) is 67.9 Å². The van der Waals surface area contributed by atoms with Gasteiger partial charge in [-0.25, -0.2) is 0 Å². The van der Waals surface area contributed by atoms with Crippen molar-refractivity contribution in [2.45, 2.75) is 57.5 Å². The van der Waals surface area contributed by atoms with E-state index in [1.807, 2.05) is 6.08 Å². The van der Waals surface area contributed by atoms with Crippen LogP contribution in [0.25, 0.3) is 0 Å². The number of ether oxygens (including phenoxy) is 2. The molecule has 0 bridgehead atoms. The number of hydrogen-bond acceptors (Lipinski definition) is 5. The molecule has 1 spiro atoms. The molecule has 2 fully saturated rings. The fourth-order valence-corrected chi connectivity index (χ4v) is 4.59. The lowest BCUT2D eigenvalue weighted by atomic mass is 9.76. The van der Waals surface area contributed by atoms with Crippen molar-refractivity contribution >= 4 is 11.8 Å². The van der Waals surface area contributed by atoms with Gasteiger partial charge in [-0.1, -0.05) is 18.9 Å². The summed E-state index contributed by atoms with van der Waals surface area (Å²) in [6, 6.07) is 0. The molecule has 2 aliphatic heterocycles. The van der Waals surface area contributed by atoms with E-state index in [4.69, 9.17) is 9.47 Å². The lowest BCUT2D eigenvalue weighted by Gasteiger charge is -2.37. The second-order valence-corrected chi connectivity index (χ2v) is 7.98. The predicted molar refractivity (Wildman–Crippen MR) is 95.9 cm³/mol. The van der Waals surface area contributed by atoms with Crippen LogP contribution in [0, 0.1) is 5.41 Å². The molecular formula is C20H28N2O4. The van der Waals surface area contributed by atoms with E-state index in [2.05, 4.69) is 11.4 Å². The first-order valence-corrected chi connectivity index (χ1v) is 9.88. The van der Waals surface area contributed by atoms with Crippen molar-refractivity contribution in [3.05, 3.63) is 23.7 Å². The summed E-state index contributed by atoms with van der Waals surface area (Å²) in [6.07, 6.45) is 11.4. The van der Waals surface area contributed by atoms with E-state index in [1.54, 1.807) is 0 Å². The van der Waals surface area contributed by atoms with Gasteiger partial charge in [-0.05, 0) is 30.8 Å². The summed E-state index contributed by atoms with van der Waals surface area (Å²) >= 11 is 0. The van der Waals surface area contributed by atoms with E-state index >= 15 is 0 Å². The maximum Gasteiger partial charge on any atom is 0.229 e. The summed E-state index contributed by atoms with van der Waals surface area (Å²) in [5, 5.41) is 3.30. The van der Waals surface area contributed by atoms with E-state index < -0.39 is 0 Å². The Bertz CT molecular complexity index is 614. The summed E-state index contributed by atoms with van der Waals surface area (Å²) in [7, 11) is 0. The van der Waals surface area contributed by atoms with Crippen LogP contribution in [0.2, 0.25) is 0 Å². The normalized spacial score (nSPS) is 27.5. The molecule has 26 heavy (non-hydrogen) atoms. The lowest BCUT2D eigenvalue weighted by Crippen LogP contribution is -2.49. The van der Waals surface area contributed by atoms with Crippen LogP contribution < -0.4 is 5.32 Å². The molecule has 4 aliphatic rings. The molecule has 1 unspecified atom stereocenters. The summed E-state index contributed by atoms with van der Waals surface area (Å²) in [6.45, 7) is 2.22. The standard InChI is InChI=1S/C20H28N2O4/c23-18-11-20(7-3-4-8-20)12-19(24)22(18)10-9-21-13-15-14-25-16-5-1-2-6-17(16)26-15/h2,6,15,21H,1,3-5,7-14H2. The second-order valence-electron chi connectivity index (χ2n) is 7.98. The number of piperidine rings is 1. The van der Waals surface area contributed by atoms with Gasteiger partial charge in [0.2, 0.25) is 11.8 Å².